The van der Waals surface area contributed by atoms with E-state index < -0.39 is 0 Å². The number of hydrogen-bond acceptors (Lipinski definition) is 2. The third-order valence-electron chi connectivity index (χ3n) is 4.26. The van der Waals surface area contributed by atoms with Crippen LogP contribution in [0.15, 0.2) is 12.1 Å². The number of aromatic hydroxyl groups is 1. The molecule has 0 amide bonds. The molecule has 2 nitrogen and oxygen atoms in total. The zero-order chi connectivity index (χ0) is 16.3. The largest absolute Gasteiger partial charge is 0.507 e. The van der Waals surface area contributed by atoms with Crippen LogP contribution in [-0.4, -0.2) is 11.4 Å². The predicted molar refractivity (Wildman–Crippen MR) is 89.4 cm³/mol. The fourth-order valence-corrected chi connectivity index (χ4v) is 2.67. The quantitative estimate of drug-likeness (QED) is 0.565. The normalized spacial score (nSPS) is 12.5. The van der Waals surface area contributed by atoms with E-state index in [2.05, 4.69) is 47.6 Å². The van der Waals surface area contributed by atoms with Gasteiger partial charge in [-0.2, -0.15) is 0 Å². The Hall–Kier alpha value is -1.31. The molecule has 0 aliphatic heterocycles. The highest BCUT2D eigenvalue weighted by atomic mass is 16.3. The van der Waals surface area contributed by atoms with E-state index in [9.17, 15) is 9.90 Å². The average molecular weight is 290 g/mol. The molecule has 0 unspecified atom stereocenters. The molecule has 0 atom stereocenters. The van der Waals surface area contributed by atoms with Crippen molar-refractivity contribution in [2.45, 2.75) is 78.1 Å². The maximum Gasteiger partial charge on any atom is 0.153 e. The van der Waals surface area contributed by atoms with Crippen LogP contribution in [0.25, 0.3) is 0 Å². The zero-order valence-corrected chi connectivity index (χ0v) is 14.4. The Kier molecular flexibility index (Phi) is 5.61. The molecular formula is C19H30O2. The van der Waals surface area contributed by atoms with Crippen molar-refractivity contribution in [3.05, 3.63) is 28.8 Å². The van der Waals surface area contributed by atoms with Crippen LogP contribution in [0.2, 0.25) is 0 Å². The summed E-state index contributed by atoms with van der Waals surface area (Å²) in [7, 11) is 0. The molecule has 0 saturated carbocycles. The Morgan fingerprint density at radius 3 is 2.19 bits per heavy atom. The van der Waals surface area contributed by atoms with Gasteiger partial charge in [0.2, 0.25) is 0 Å². The molecule has 0 radical (unpaired) electrons. The van der Waals surface area contributed by atoms with Gasteiger partial charge in [0.05, 0.1) is 5.56 Å². The Morgan fingerprint density at radius 1 is 1.10 bits per heavy atom. The number of phenolic OH excluding ortho intramolecular Hbond substituents is 1. The molecule has 0 aliphatic rings. The minimum absolute atomic E-state index is 0.0145. The second-order valence-corrected chi connectivity index (χ2v) is 7.67. The third kappa shape index (κ3) is 4.33. The average Bonchev–Trinajstić information content (AvgIpc) is 2.37. The number of rotatable bonds is 6. The molecule has 0 fully saturated rings. The summed E-state index contributed by atoms with van der Waals surface area (Å²) in [5.74, 6) is 0.130. The molecule has 0 aromatic heterocycles. The standard InChI is InChI=1S/C19H30O2/c1-7-8-9-10-19(5,6)15-11-14(13-20)17(21)16(12-15)18(2,3)4/h11-13,21H,7-10H2,1-6H3. The SMILES string of the molecule is CCCCCC(C)(C)c1cc(C=O)c(O)c(C(C)(C)C)c1. The first-order valence-corrected chi connectivity index (χ1v) is 7.96. The zero-order valence-electron chi connectivity index (χ0n) is 14.4. The van der Waals surface area contributed by atoms with Gasteiger partial charge in [0.25, 0.3) is 0 Å². The van der Waals surface area contributed by atoms with E-state index in [1.165, 1.54) is 19.3 Å². The first kappa shape index (κ1) is 17.7. The number of hydrogen-bond donors (Lipinski definition) is 1. The van der Waals surface area contributed by atoms with Crippen molar-refractivity contribution in [2.75, 3.05) is 0 Å². The summed E-state index contributed by atoms with van der Waals surface area (Å²) >= 11 is 0. The molecule has 1 N–H and O–H groups in total. The van der Waals surface area contributed by atoms with Crippen LogP contribution in [0, 0.1) is 0 Å². The van der Waals surface area contributed by atoms with E-state index in [-0.39, 0.29) is 16.6 Å². The van der Waals surface area contributed by atoms with Crippen LogP contribution in [-0.2, 0) is 10.8 Å². The number of carbonyl (C=O) groups excluding carboxylic acids is 1. The van der Waals surface area contributed by atoms with E-state index in [1.807, 2.05) is 6.07 Å². The lowest BCUT2D eigenvalue weighted by Gasteiger charge is -2.29. The lowest BCUT2D eigenvalue weighted by atomic mass is 9.76. The van der Waals surface area contributed by atoms with Gasteiger partial charge in [0.1, 0.15) is 5.75 Å². The summed E-state index contributed by atoms with van der Waals surface area (Å²) in [5, 5.41) is 10.3. The van der Waals surface area contributed by atoms with E-state index >= 15 is 0 Å². The molecule has 1 rings (SSSR count). The smallest absolute Gasteiger partial charge is 0.153 e. The second-order valence-electron chi connectivity index (χ2n) is 7.67. The van der Waals surface area contributed by atoms with Gasteiger partial charge < -0.3 is 5.11 Å². The summed E-state index contributed by atoms with van der Waals surface area (Å²) in [5.41, 5.74) is 2.23. The number of phenols is 1. The highest BCUT2D eigenvalue weighted by Gasteiger charge is 2.26. The molecular weight excluding hydrogens is 260 g/mol. The van der Waals surface area contributed by atoms with Crippen LogP contribution in [0.1, 0.15) is 88.7 Å². The molecule has 1 aromatic carbocycles. The van der Waals surface area contributed by atoms with Crippen LogP contribution in [0.4, 0.5) is 0 Å². The van der Waals surface area contributed by atoms with Gasteiger partial charge in [-0.15, -0.1) is 0 Å². The minimum atomic E-state index is -0.183. The van der Waals surface area contributed by atoms with Gasteiger partial charge in [-0.05, 0) is 28.9 Å². The van der Waals surface area contributed by atoms with Gasteiger partial charge in [-0.3, -0.25) is 4.79 Å². The predicted octanol–water partition coefficient (Wildman–Crippen LogP) is 5.36. The monoisotopic (exact) mass is 290 g/mol. The van der Waals surface area contributed by atoms with E-state index in [1.54, 1.807) is 0 Å². The summed E-state index contributed by atoms with van der Waals surface area (Å²) in [4.78, 5) is 11.3. The number of carbonyl (C=O) groups is 1. The fraction of sp³-hybridized carbons (Fsp3) is 0.632. The molecule has 0 saturated heterocycles. The maximum atomic E-state index is 11.3. The van der Waals surface area contributed by atoms with Crippen LogP contribution >= 0.6 is 0 Å². The summed E-state index contributed by atoms with van der Waals surface area (Å²) in [6.07, 6.45) is 5.47. The molecule has 0 aliphatic carbocycles. The third-order valence-corrected chi connectivity index (χ3v) is 4.26. The molecule has 0 spiro atoms. The fourth-order valence-electron chi connectivity index (χ4n) is 2.67. The van der Waals surface area contributed by atoms with Crippen molar-refractivity contribution < 1.29 is 9.90 Å². The number of benzene rings is 1. The van der Waals surface area contributed by atoms with Crippen LogP contribution in [0.3, 0.4) is 0 Å². The van der Waals surface area contributed by atoms with E-state index in [0.717, 1.165) is 23.8 Å². The maximum absolute atomic E-state index is 11.3. The highest BCUT2D eigenvalue weighted by Crippen LogP contribution is 2.38. The molecule has 21 heavy (non-hydrogen) atoms. The van der Waals surface area contributed by atoms with Crippen molar-refractivity contribution in [3.8, 4) is 5.75 Å². The summed E-state index contributed by atoms with van der Waals surface area (Å²) in [6.45, 7) is 12.8. The Morgan fingerprint density at radius 2 is 1.71 bits per heavy atom. The molecule has 2 heteroatoms. The number of unbranched alkanes of at least 4 members (excludes halogenated alkanes) is 2. The van der Waals surface area contributed by atoms with Crippen molar-refractivity contribution >= 4 is 6.29 Å². The van der Waals surface area contributed by atoms with Crippen molar-refractivity contribution in [3.63, 3.8) is 0 Å². The number of aldehydes is 1. The van der Waals surface area contributed by atoms with Gasteiger partial charge in [0, 0.05) is 5.56 Å². The first-order chi connectivity index (χ1) is 9.63. The Bertz CT molecular complexity index is 493. The highest BCUT2D eigenvalue weighted by molar-refractivity contribution is 5.81. The van der Waals surface area contributed by atoms with Crippen LogP contribution in [0.5, 0.6) is 5.75 Å². The topological polar surface area (TPSA) is 37.3 Å². The van der Waals surface area contributed by atoms with Crippen LogP contribution < -0.4 is 0 Å². The van der Waals surface area contributed by atoms with Gasteiger partial charge in [0.15, 0.2) is 6.29 Å². The molecule has 1 aromatic rings. The lowest BCUT2D eigenvalue weighted by Crippen LogP contribution is -2.20. The van der Waals surface area contributed by atoms with Gasteiger partial charge >= 0.3 is 0 Å². The van der Waals surface area contributed by atoms with Crippen molar-refractivity contribution in [2.24, 2.45) is 0 Å². The summed E-state index contributed by atoms with van der Waals surface area (Å²) < 4.78 is 0. The molecule has 0 heterocycles. The Labute approximate surface area is 129 Å². The lowest BCUT2D eigenvalue weighted by molar-refractivity contribution is 0.112. The molecule has 0 bridgehead atoms. The first-order valence-electron chi connectivity index (χ1n) is 7.96. The van der Waals surface area contributed by atoms with Crippen molar-refractivity contribution in [1.82, 2.24) is 0 Å². The Balaban J connectivity index is 3.27. The summed E-state index contributed by atoms with van der Waals surface area (Å²) in [6, 6.07) is 3.93. The van der Waals surface area contributed by atoms with E-state index in [0.29, 0.717) is 5.56 Å². The van der Waals surface area contributed by atoms with Gasteiger partial charge in [-0.25, -0.2) is 0 Å². The van der Waals surface area contributed by atoms with Gasteiger partial charge in [-0.1, -0.05) is 66.9 Å². The van der Waals surface area contributed by atoms with Crippen molar-refractivity contribution in [1.29, 1.82) is 0 Å². The molecule has 118 valence electrons. The van der Waals surface area contributed by atoms with E-state index in [4.69, 9.17) is 0 Å². The second kappa shape index (κ2) is 6.64. The minimum Gasteiger partial charge on any atom is -0.507 e.